The maximum atomic E-state index is 13.1. The van der Waals surface area contributed by atoms with Gasteiger partial charge in [0.15, 0.2) is 11.4 Å². The smallest absolute Gasteiger partial charge is 0.251 e. The lowest BCUT2D eigenvalue weighted by Crippen LogP contribution is -2.17. The van der Waals surface area contributed by atoms with Crippen molar-refractivity contribution in [3.63, 3.8) is 0 Å². The molecule has 3 heterocycles. The van der Waals surface area contributed by atoms with E-state index in [2.05, 4.69) is 37.9 Å². The molecule has 1 aliphatic carbocycles. The Morgan fingerprint density at radius 2 is 1.94 bits per heavy atom. The first-order chi connectivity index (χ1) is 15.2. The minimum atomic E-state index is -0.285. The second kappa shape index (κ2) is 8.29. The maximum Gasteiger partial charge on any atom is 0.251 e. The molecule has 0 N–H and O–H groups in total. The predicted octanol–water partition coefficient (Wildman–Crippen LogP) is 3.68. The summed E-state index contributed by atoms with van der Waals surface area (Å²) in [6.07, 6.45) is 9.52. The topological polar surface area (TPSA) is 79.8 Å². The second-order valence-corrected chi connectivity index (χ2v) is 8.40. The number of aromatic nitrogens is 6. The summed E-state index contributed by atoms with van der Waals surface area (Å²) in [5, 5.41) is 13.6. The molecule has 1 atom stereocenters. The highest BCUT2D eigenvalue weighted by atomic mass is 127. The van der Waals surface area contributed by atoms with E-state index in [-0.39, 0.29) is 16.9 Å². The zero-order valence-electron chi connectivity index (χ0n) is 16.9. The quantitative estimate of drug-likeness (QED) is 0.270. The molecule has 1 aliphatic rings. The van der Waals surface area contributed by atoms with Crippen LogP contribution in [-0.4, -0.2) is 40.9 Å². The molecule has 0 aliphatic heterocycles. The van der Waals surface area contributed by atoms with E-state index in [1.54, 1.807) is 34.0 Å². The van der Waals surface area contributed by atoms with E-state index in [0.29, 0.717) is 17.7 Å². The van der Waals surface area contributed by atoms with E-state index in [9.17, 15) is 4.79 Å². The molecule has 9 heteroatoms. The molecular weight excluding hydrogens is 507 g/mol. The van der Waals surface area contributed by atoms with Gasteiger partial charge in [-0.3, -0.25) is 9.48 Å². The average molecular weight is 528 g/mol. The van der Waals surface area contributed by atoms with Crippen molar-refractivity contribution in [3.05, 3.63) is 71.4 Å². The van der Waals surface area contributed by atoms with Crippen LogP contribution in [0.1, 0.15) is 18.9 Å². The number of alkyl halides is 1. The molecule has 3 aromatic heterocycles. The molecule has 1 fully saturated rings. The molecule has 0 saturated heterocycles. The highest BCUT2D eigenvalue weighted by molar-refractivity contribution is 14.1. The summed E-state index contributed by atoms with van der Waals surface area (Å²) in [6.45, 7) is 0. The van der Waals surface area contributed by atoms with Crippen molar-refractivity contribution in [2.24, 2.45) is 5.92 Å². The van der Waals surface area contributed by atoms with E-state index in [1.807, 2.05) is 41.2 Å². The first-order valence-electron chi connectivity index (χ1n) is 10.1. The molecule has 0 radical (unpaired) electrons. The number of hydrogen-bond donors (Lipinski definition) is 0. The number of ether oxygens (including phenoxy) is 1. The Morgan fingerprint density at radius 1 is 1.13 bits per heavy atom. The van der Waals surface area contributed by atoms with E-state index >= 15 is 0 Å². The molecular formula is C22H21IN6O2. The van der Waals surface area contributed by atoms with Gasteiger partial charge in [-0.2, -0.15) is 15.3 Å². The van der Waals surface area contributed by atoms with E-state index in [1.165, 1.54) is 20.0 Å². The van der Waals surface area contributed by atoms with Crippen LogP contribution in [0.3, 0.4) is 0 Å². The molecule has 158 valence electrons. The number of halogens is 1. The third-order valence-corrected chi connectivity index (χ3v) is 6.41. The summed E-state index contributed by atoms with van der Waals surface area (Å²) < 4.78 is 11.8. The number of hydrogen-bond acceptors (Lipinski definition) is 5. The van der Waals surface area contributed by atoms with Gasteiger partial charge in [-0.05, 0) is 37.0 Å². The standard InChI is InChI=1S/C22H21IN6O2/c1-31-20-14-27(17-12-25-28(13-17)19(11-23)15-7-8-15)26-21(22(20)30)18-9-10-24-29(18)16-5-3-2-4-6-16/h2-6,9-10,12-15,19H,7-8,11H2,1H3. The van der Waals surface area contributed by atoms with Crippen LogP contribution in [0.25, 0.3) is 22.8 Å². The Kier molecular flexibility index (Phi) is 5.34. The van der Waals surface area contributed by atoms with Crippen molar-refractivity contribution in [2.45, 2.75) is 18.9 Å². The Morgan fingerprint density at radius 3 is 2.65 bits per heavy atom. The molecule has 1 saturated carbocycles. The van der Waals surface area contributed by atoms with Crippen LogP contribution in [0, 0.1) is 5.92 Å². The van der Waals surface area contributed by atoms with Crippen LogP contribution in [0.5, 0.6) is 5.75 Å². The summed E-state index contributed by atoms with van der Waals surface area (Å²) in [5.74, 6) is 0.906. The third kappa shape index (κ3) is 3.78. The molecule has 1 aromatic carbocycles. The van der Waals surface area contributed by atoms with Crippen LogP contribution in [0.2, 0.25) is 0 Å². The van der Waals surface area contributed by atoms with E-state index < -0.39 is 0 Å². The van der Waals surface area contributed by atoms with Crippen LogP contribution >= 0.6 is 22.6 Å². The fraction of sp³-hybridized carbons (Fsp3) is 0.273. The summed E-state index contributed by atoms with van der Waals surface area (Å²) in [4.78, 5) is 13.1. The number of rotatable bonds is 7. The van der Waals surface area contributed by atoms with Gasteiger partial charge in [0.2, 0.25) is 0 Å². The molecule has 1 unspecified atom stereocenters. The molecule has 8 nitrogen and oxygen atoms in total. The van der Waals surface area contributed by atoms with Crippen LogP contribution in [0.15, 0.2) is 66.0 Å². The fourth-order valence-corrected chi connectivity index (χ4v) is 4.82. The van der Waals surface area contributed by atoms with Gasteiger partial charge in [0, 0.05) is 4.43 Å². The zero-order valence-corrected chi connectivity index (χ0v) is 19.1. The van der Waals surface area contributed by atoms with Gasteiger partial charge >= 0.3 is 0 Å². The number of methoxy groups -OCH3 is 1. The molecule has 31 heavy (non-hydrogen) atoms. The Balaban J connectivity index is 1.60. The molecule has 4 aromatic rings. The van der Waals surface area contributed by atoms with Gasteiger partial charge in [-0.1, -0.05) is 40.8 Å². The summed E-state index contributed by atoms with van der Waals surface area (Å²) >= 11 is 2.41. The van der Waals surface area contributed by atoms with Crippen molar-refractivity contribution >= 4 is 22.6 Å². The Labute approximate surface area is 192 Å². The zero-order chi connectivity index (χ0) is 21.4. The normalized spacial score (nSPS) is 14.5. The molecule has 0 bridgehead atoms. The molecule has 5 rings (SSSR count). The SMILES string of the molecule is COc1cn(-c2cnn(C(CI)C3CC3)c2)nc(-c2ccnn2-c2ccccc2)c1=O. The summed E-state index contributed by atoms with van der Waals surface area (Å²) in [5.41, 5.74) is 2.20. The molecule has 0 spiro atoms. The second-order valence-electron chi connectivity index (χ2n) is 7.52. The van der Waals surface area contributed by atoms with Gasteiger partial charge in [0.05, 0.1) is 49.3 Å². The third-order valence-electron chi connectivity index (χ3n) is 5.51. The van der Waals surface area contributed by atoms with Gasteiger partial charge < -0.3 is 4.74 Å². The van der Waals surface area contributed by atoms with Gasteiger partial charge in [0.25, 0.3) is 5.43 Å². The lowest BCUT2D eigenvalue weighted by molar-refractivity contribution is 0.405. The minimum absolute atomic E-state index is 0.214. The predicted molar refractivity (Wildman–Crippen MR) is 125 cm³/mol. The summed E-state index contributed by atoms with van der Waals surface area (Å²) in [7, 11) is 1.49. The fourth-order valence-electron chi connectivity index (χ4n) is 3.69. The average Bonchev–Trinajstić information content (AvgIpc) is 3.31. The van der Waals surface area contributed by atoms with Crippen molar-refractivity contribution in [1.82, 2.24) is 29.3 Å². The Hall–Kier alpha value is -2.95. The number of benzene rings is 1. The highest BCUT2D eigenvalue weighted by Gasteiger charge is 2.32. The number of para-hydroxylation sites is 1. The van der Waals surface area contributed by atoms with E-state index in [4.69, 9.17) is 4.74 Å². The van der Waals surface area contributed by atoms with Crippen molar-refractivity contribution < 1.29 is 4.74 Å². The van der Waals surface area contributed by atoms with Crippen LogP contribution in [-0.2, 0) is 0 Å². The Bertz CT molecular complexity index is 1260. The van der Waals surface area contributed by atoms with Gasteiger partial charge in [-0.25, -0.2) is 9.36 Å². The van der Waals surface area contributed by atoms with Crippen LogP contribution < -0.4 is 10.2 Å². The molecule has 0 amide bonds. The highest BCUT2D eigenvalue weighted by Crippen LogP contribution is 2.40. The largest absolute Gasteiger partial charge is 0.491 e. The van der Waals surface area contributed by atoms with Crippen molar-refractivity contribution in [1.29, 1.82) is 0 Å². The first kappa shape index (κ1) is 20.0. The number of nitrogens with zero attached hydrogens (tertiary/aromatic N) is 6. The van der Waals surface area contributed by atoms with Gasteiger partial charge in [0.1, 0.15) is 5.69 Å². The lowest BCUT2D eigenvalue weighted by Gasteiger charge is -2.13. The lowest BCUT2D eigenvalue weighted by atomic mass is 10.2. The van der Waals surface area contributed by atoms with Crippen LogP contribution in [0.4, 0.5) is 0 Å². The minimum Gasteiger partial charge on any atom is -0.491 e. The van der Waals surface area contributed by atoms with E-state index in [0.717, 1.165) is 15.8 Å². The van der Waals surface area contributed by atoms with Crippen molar-refractivity contribution in [2.75, 3.05) is 11.5 Å². The monoisotopic (exact) mass is 528 g/mol. The van der Waals surface area contributed by atoms with Crippen molar-refractivity contribution in [3.8, 4) is 28.5 Å². The summed E-state index contributed by atoms with van der Waals surface area (Å²) in [6, 6.07) is 11.8. The maximum absolute atomic E-state index is 13.1. The van der Waals surface area contributed by atoms with Gasteiger partial charge in [-0.15, -0.1) is 0 Å². The first-order valence-corrected chi connectivity index (χ1v) is 11.6.